The molecular formula is C28H25N3O5. The molecule has 182 valence electrons. The lowest BCUT2D eigenvalue weighted by atomic mass is 9.94. The van der Waals surface area contributed by atoms with Crippen LogP contribution < -0.4 is 18.9 Å². The molecule has 2 aliphatic heterocycles. The zero-order chi connectivity index (χ0) is 24.8. The Labute approximate surface area is 208 Å². The van der Waals surface area contributed by atoms with E-state index in [9.17, 15) is 4.79 Å². The van der Waals surface area contributed by atoms with E-state index in [2.05, 4.69) is 10.2 Å². The lowest BCUT2D eigenvalue weighted by Gasteiger charge is -2.28. The number of aryl methyl sites for hydroxylation is 1. The number of aromatic nitrogens is 2. The number of rotatable bonds is 6. The number of fused-ring (bicyclic) bond motifs is 2. The third-order valence-corrected chi connectivity index (χ3v) is 6.71. The second-order valence-electron chi connectivity index (χ2n) is 8.86. The summed E-state index contributed by atoms with van der Waals surface area (Å²) in [6, 6.07) is 19.1. The third kappa shape index (κ3) is 3.53. The van der Waals surface area contributed by atoms with Crippen LogP contribution in [0.4, 0.5) is 0 Å². The summed E-state index contributed by atoms with van der Waals surface area (Å²) in [5.41, 5.74) is 5.92. The zero-order valence-electron chi connectivity index (χ0n) is 20.2. The van der Waals surface area contributed by atoms with Gasteiger partial charge in [-0.3, -0.25) is 9.89 Å². The molecular weight excluding hydrogens is 458 g/mol. The molecule has 1 unspecified atom stereocenters. The van der Waals surface area contributed by atoms with Gasteiger partial charge < -0.3 is 23.8 Å². The fourth-order valence-corrected chi connectivity index (χ4v) is 4.89. The first kappa shape index (κ1) is 22.0. The van der Waals surface area contributed by atoms with Gasteiger partial charge in [-0.05, 0) is 36.8 Å². The number of nitrogens with zero attached hydrogens (tertiary/aromatic N) is 2. The quantitative estimate of drug-likeness (QED) is 0.421. The van der Waals surface area contributed by atoms with E-state index in [0.717, 1.165) is 33.5 Å². The molecule has 3 heterocycles. The Morgan fingerprint density at radius 2 is 1.81 bits per heavy atom. The predicted octanol–water partition coefficient (Wildman–Crippen LogP) is 4.88. The van der Waals surface area contributed by atoms with Gasteiger partial charge in [0.1, 0.15) is 17.2 Å². The Kier molecular flexibility index (Phi) is 5.29. The summed E-state index contributed by atoms with van der Waals surface area (Å²) < 4.78 is 22.2. The highest BCUT2D eigenvalue weighted by atomic mass is 16.7. The molecule has 0 radical (unpaired) electrons. The Morgan fingerprint density at radius 1 is 1.00 bits per heavy atom. The van der Waals surface area contributed by atoms with Crippen LogP contribution in [0, 0.1) is 6.92 Å². The van der Waals surface area contributed by atoms with Crippen molar-refractivity contribution in [2.75, 3.05) is 21.0 Å². The van der Waals surface area contributed by atoms with E-state index < -0.39 is 6.04 Å². The molecule has 0 bridgehead atoms. The molecule has 1 N–H and O–H groups in total. The highest BCUT2D eigenvalue weighted by Gasteiger charge is 2.43. The van der Waals surface area contributed by atoms with Gasteiger partial charge in [-0.15, -0.1) is 0 Å². The standard InChI is InChI=1S/C28H25N3O5/c1-16-4-7-18(8-5-16)25-24-26(30-29-25)28(32)31(14-17-6-11-21-23(12-17)36-15-35-21)27(24)20-10-9-19(33-2)13-22(20)34-3/h4-13,27H,14-15H2,1-3H3,(H,29,30). The van der Waals surface area contributed by atoms with Crippen molar-refractivity contribution in [3.63, 3.8) is 0 Å². The zero-order valence-corrected chi connectivity index (χ0v) is 20.2. The lowest BCUT2D eigenvalue weighted by Crippen LogP contribution is -2.29. The van der Waals surface area contributed by atoms with Crippen molar-refractivity contribution in [2.45, 2.75) is 19.5 Å². The van der Waals surface area contributed by atoms with Crippen LogP contribution in [0.15, 0.2) is 60.7 Å². The molecule has 0 spiro atoms. The topological polar surface area (TPSA) is 85.9 Å². The maximum Gasteiger partial charge on any atom is 0.273 e. The molecule has 1 atom stereocenters. The highest BCUT2D eigenvalue weighted by molar-refractivity contribution is 6.00. The molecule has 0 aliphatic carbocycles. The second kappa shape index (κ2) is 8.64. The molecule has 8 heteroatoms. The molecule has 1 amide bonds. The molecule has 36 heavy (non-hydrogen) atoms. The maximum atomic E-state index is 13.8. The molecule has 6 rings (SSSR count). The predicted molar refractivity (Wildman–Crippen MR) is 133 cm³/mol. The molecule has 0 fully saturated rings. The Hall–Kier alpha value is -4.46. The summed E-state index contributed by atoms with van der Waals surface area (Å²) in [7, 11) is 3.23. The number of nitrogens with one attached hydrogen (secondary N) is 1. The van der Waals surface area contributed by atoms with Crippen molar-refractivity contribution in [3.05, 3.63) is 88.6 Å². The van der Waals surface area contributed by atoms with E-state index in [0.29, 0.717) is 35.2 Å². The maximum absolute atomic E-state index is 13.8. The monoisotopic (exact) mass is 483 g/mol. The van der Waals surface area contributed by atoms with E-state index in [1.54, 1.807) is 14.2 Å². The summed E-state index contributed by atoms with van der Waals surface area (Å²) in [6.45, 7) is 2.61. The highest BCUT2D eigenvalue weighted by Crippen LogP contribution is 2.47. The van der Waals surface area contributed by atoms with Gasteiger partial charge in [0.15, 0.2) is 11.5 Å². The van der Waals surface area contributed by atoms with Crippen LogP contribution in [0.3, 0.4) is 0 Å². The number of hydrogen-bond acceptors (Lipinski definition) is 6. The van der Waals surface area contributed by atoms with Crippen LogP contribution in [-0.2, 0) is 6.54 Å². The van der Waals surface area contributed by atoms with Crippen LogP contribution in [0.2, 0.25) is 0 Å². The van der Waals surface area contributed by atoms with Gasteiger partial charge in [-0.2, -0.15) is 5.10 Å². The molecule has 2 aliphatic rings. The average molecular weight is 484 g/mol. The molecule has 1 aromatic heterocycles. The van der Waals surface area contributed by atoms with Gasteiger partial charge in [-0.25, -0.2) is 0 Å². The smallest absolute Gasteiger partial charge is 0.273 e. The number of amides is 1. The van der Waals surface area contributed by atoms with E-state index in [1.165, 1.54) is 0 Å². The van der Waals surface area contributed by atoms with E-state index in [-0.39, 0.29) is 12.7 Å². The van der Waals surface area contributed by atoms with Gasteiger partial charge in [0, 0.05) is 29.3 Å². The van der Waals surface area contributed by atoms with Crippen LogP contribution >= 0.6 is 0 Å². The van der Waals surface area contributed by atoms with Crippen LogP contribution in [0.1, 0.15) is 38.8 Å². The fourth-order valence-electron chi connectivity index (χ4n) is 4.89. The van der Waals surface area contributed by atoms with Crippen LogP contribution in [0.5, 0.6) is 23.0 Å². The molecule has 8 nitrogen and oxygen atoms in total. The number of benzene rings is 3. The van der Waals surface area contributed by atoms with Crippen LogP contribution in [-0.4, -0.2) is 42.0 Å². The number of carbonyl (C=O) groups excluding carboxylic acids is 1. The number of methoxy groups -OCH3 is 2. The Morgan fingerprint density at radius 3 is 2.58 bits per heavy atom. The van der Waals surface area contributed by atoms with Crippen molar-refractivity contribution in [2.24, 2.45) is 0 Å². The largest absolute Gasteiger partial charge is 0.497 e. The molecule has 0 saturated heterocycles. The number of carbonyl (C=O) groups is 1. The Bertz CT molecular complexity index is 1460. The van der Waals surface area contributed by atoms with Gasteiger partial charge in [-0.1, -0.05) is 35.9 Å². The third-order valence-electron chi connectivity index (χ3n) is 6.71. The van der Waals surface area contributed by atoms with E-state index >= 15 is 0 Å². The molecule has 3 aromatic carbocycles. The van der Waals surface area contributed by atoms with Gasteiger partial charge in [0.25, 0.3) is 5.91 Å². The minimum atomic E-state index is -0.422. The minimum absolute atomic E-state index is 0.128. The van der Waals surface area contributed by atoms with E-state index in [1.807, 2.05) is 72.5 Å². The first-order valence-electron chi connectivity index (χ1n) is 11.6. The number of ether oxygens (including phenoxy) is 4. The summed E-state index contributed by atoms with van der Waals surface area (Å²) in [5, 5.41) is 7.58. The molecule has 4 aromatic rings. The van der Waals surface area contributed by atoms with Crippen molar-refractivity contribution < 1.29 is 23.7 Å². The summed E-state index contributed by atoms with van der Waals surface area (Å²) >= 11 is 0. The van der Waals surface area contributed by atoms with E-state index in [4.69, 9.17) is 18.9 Å². The normalized spacial score (nSPS) is 15.8. The summed E-state index contributed by atoms with van der Waals surface area (Å²) in [6.07, 6.45) is 0. The summed E-state index contributed by atoms with van der Waals surface area (Å²) in [5.74, 6) is 2.56. The summed E-state index contributed by atoms with van der Waals surface area (Å²) in [4.78, 5) is 15.6. The number of hydrogen-bond donors (Lipinski definition) is 1. The lowest BCUT2D eigenvalue weighted by molar-refractivity contribution is 0.0728. The van der Waals surface area contributed by atoms with Crippen molar-refractivity contribution in [3.8, 4) is 34.3 Å². The average Bonchev–Trinajstić information content (AvgIpc) is 3.61. The minimum Gasteiger partial charge on any atom is -0.497 e. The van der Waals surface area contributed by atoms with Gasteiger partial charge >= 0.3 is 0 Å². The number of H-pyrrole nitrogens is 1. The second-order valence-corrected chi connectivity index (χ2v) is 8.86. The first-order chi connectivity index (χ1) is 17.6. The van der Waals surface area contributed by atoms with Crippen molar-refractivity contribution in [1.82, 2.24) is 15.1 Å². The fraction of sp³-hybridized carbons (Fsp3) is 0.214. The van der Waals surface area contributed by atoms with Crippen molar-refractivity contribution in [1.29, 1.82) is 0 Å². The first-order valence-corrected chi connectivity index (χ1v) is 11.6. The SMILES string of the molecule is COc1ccc(C2c3c(-c4ccc(C)cc4)n[nH]c3C(=O)N2Cc2ccc3c(c2)OCO3)c(OC)c1. The number of aromatic amines is 1. The molecule has 0 saturated carbocycles. The Balaban J connectivity index is 1.49. The van der Waals surface area contributed by atoms with Gasteiger partial charge in [0.05, 0.1) is 26.0 Å². The van der Waals surface area contributed by atoms with Gasteiger partial charge in [0.2, 0.25) is 6.79 Å². The van der Waals surface area contributed by atoms with Crippen molar-refractivity contribution >= 4 is 5.91 Å². The van der Waals surface area contributed by atoms with Crippen LogP contribution in [0.25, 0.3) is 11.3 Å².